The van der Waals surface area contributed by atoms with Crippen LogP contribution in [0.25, 0.3) is 5.65 Å². The Morgan fingerprint density at radius 3 is 2.71 bits per heavy atom. The summed E-state index contributed by atoms with van der Waals surface area (Å²) < 4.78 is 2.91. The molecule has 1 aliphatic rings. The molecule has 0 saturated carbocycles. The molecule has 172 valence electrons. The molecule has 2 atom stereocenters. The molecule has 5 rings (SSSR count). The third kappa shape index (κ3) is 3.83. The molecule has 10 heteroatoms. The predicted molar refractivity (Wildman–Crippen MR) is 125 cm³/mol. The van der Waals surface area contributed by atoms with E-state index in [0.29, 0.717) is 30.1 Å². The normalized spacial score (nSPS) is 17.8. The average Bonchev–Trinajstić information content (AvgIpc) is 3.45. The number of imidazole rings is 1. The fourth-order valence-electron chi connectivity index (χ4n) is 4.34. The Labute approximate surface area is 194 Å². The van der Waals surface area contributed by atoms with Crippen molar-refractivity contribution in [1.29, 1.82) is 0 Å². The lowest BCUT2D eigenvalue weighted by atomic mass is 10.1. The largest absolute Gasteiger partial charge is 0.347 e. The van der Waals surface area contributed by atoms with Gasteiger partial charge in [-0.25, -0.2) is 9.50 Å². The molecule has 0 spiro atoms. The van der Waals surface area contributed by atoms with E-state index in [4.69, 9.17) is 0 Å². The van der Waals surface area contributed by atoms with Crippen molar-refractivity contribution in [2.24, 2.45) is 7.05 Å². The minimum atomic E-state index is -0.412. The summed E-state index contributed by atoms with van der Waals surface area (Å²) in [6.07, 6.45) is 5.44. The number of hydrogen-bond donors (Lipinski definition) is 1. The fraction of sp³-hybridized carbons (Fsp3) is 0.250. The summed E-state index contributed by atoms with van der Waals surface area (Å²) in [6, 6.07) is 12.2. The Morgan fingerprint density at radius 2 is 1.94 bits per heavy atom. The molecule has 10 nitrogen and oxygen atoms in total. The van der Waals surface area contributed by atoms with E-state index in [1.807, 2.05) is 30.3 Å². The van der Waals surface area contributed by atoms with Crippen LogP contribution in [0.4, 0.5) is 5.82 Å². The van der Waals surface area contributed by atoms with Crippen molar-refractivity contribution < 1.29 is 9.59 Å². The number of nitrogens with zero attached hydrogens (tertiary/aromatic N) is 6. The van der Waals surface area contributed by atoms with Crippen LogP contribution in [0.3, 0.4) is 0 Å². The molecule has 0 bridgehead atoms. The quantitative estimate of drug-likeness (QED) is 0.454. The predicted octanol–water partition coefficient (Wildman–Crippen LogP) is 1.78. The van der Waals surface area contributed by atoms with E-state index in [1.54, 1.807) is 25.5 Å². The van der Waals surface area contributed by atoms with Crippen molar-refractivity contribution in [3.63, 3.8) is 0 Å². The summed E-state index contributed by atoms with van der Waals surface area (Å²) in [5.41, 5.74) is 1.57. The Bertz CT molecular complexity index is 1440. The van der Waals surface area contributed by atoms with Crippen molar-refractivity contribution in [2.75, 3.05) is 11.4 Å². The molecule has 4 aromatic rings. The number of carbonyl (C=O) groups excluding carboxylic acids is 2. The lowest BCUT2D eigenvalue weighted by Gasteiger charge is -2.25. The van der Waals surface area contributed by atoms with Crippen LogP contribution in [-0.2, 0) is 7.05 Å². The van der Waals surface area contributed by atoms with Gasteiger partial charge >= 0.3 is 0 Å². The Morgan fingerprint density at radius 1 is 1.09 bits per heavy atom. The van der Waals surface area contributed by atoms with Gasteiger partial charge in [0, 0.05) is 39.0 Å². The van der Waals surface area contributed by atoms with E-state index in [1.165, 1.54) is 28.3 Å². The lowest BCUT2D eigenvalue weighted by Crippen LogP contribution is -2.40. The van der Waals surface area contributed by atoms with Gasteiger partial charge in [-0.2, -0.15) is 0 Å². The molecular formula is C24H23N7O3. The maximum Gasteiger partial charge on any atom is 0.263 e. The van der Waals surface area contributed by atoms with Gasteiger partial charge in [0.05, 0.1) is 17.9 Å². The zero-order chi connectivity index (χ0) is 23.8. The zero-order valence-corrected chi connectivity index (χ0v) is 18.8. The molecular weight excluding hydrogens is 434 g/mol. The highest BCUT2D eigenvalue weighted by atomic mass is 16.2. The number of rotatable bonds is 5. The molecule has 1 N–H and O–H groups in total. The molecule has 1 amide bonds. The van der Waals surface area contributed by atoms with Crippen LogP contribution in [0.5, 0.6) is 0 Å². The number of hydrogen-bond acceptors (Lipinski definition) is 7. The number of ketones is 1. The smallest absolute Gasteiger partial charge is 0.263 e. The number of anilines is 1. The van der Waals surface area contributed by atoms with E-state index < -0.39 is 5.91 Å². The van der Waals surface area contributed by atoms with Gasteiger partial charge in [-0.05, 0) is 42.8 Å². The van der Waals surface area contributed by atoms with E-state index in [0.717, 1.165) is 5.69 Å². The SMILES string of the molecule is CC(=O)c1cnc2ccc(N3C[C@@H](NC(=O)c4cccn(C)c4=O)C[C@@H]3c3ccccn3)nn12. The molecule has 4 aromatic heterocycles. The molecule has 1 aliphatic heterocycles. The molecule has 34 heavy (non-hydrogen) atoms. The summed E-state index contributed by atoms with van der Waals surface area (Å²) in [4.78, 5) is 48.1. The molecule has 0 unspecified atom stereocenters. The van der Waals surface area contributed by atoms with Crippen LogP contribution in [0.2, 0.25) is 0 Å². The number of carbonyl (C=O) groups is 2. The number of nitrogens with one attached hydrogen (secondary N) is 1. The van der Waals surface area contributed by atoms with Gasteiger partial charge in [0.2, 0.25) is 0 Å². The van der Waals surface area contributed by atoms with E-state index >= 15 is 0 Å². The Kier molecular flexibility index (Phi) is 5.40. The molecule has 1 fully saturated rings. The van der Waals surface area contributed by atoms with Crippen molar-refractivity contribution >= 4 is 23.2 Å². The second-order valence-electron chi connectivity index (χ2n) is 8.33. The first-order valence-electron chi connectivity index (χ1n) is 10.9. The summed E-state index contributed by atoms with van der Waals surface area (Å²) in [5, 5.41) is 7.68. The second kappa shape index (κ2) is 8.54. The van der Waals surface area contributed by atoms with Gasteiger partial charge in [-0.15, -0.1) is 5.10 Å². The van der Waals surface area contributed by atoms with Gasteiger partial charge in [0.25, 0.3) is 11.5 Å². The zero-order valence-electron chi connectivity index (χ0n) is 18.8. The summed E-state index contributed by atoms with van der Waals surface area (Å²) in [6.45, 7) is 1.94. The first-order chi connectivity index (χ1) is 16.4. The van der Waals surface area contributed by atoms with Gasteiger partial charge in [0.15, 0.2) is 11.4 Å². The van der Waals surface area contributed by atoms with Gasteiger partial charge in [-0.1, -0.05) is 6.07 Å². The highest BCUT2D eigenvalue weighted by Crippen LogP contribution is 2.34. The maximum absolute atomic E-state index is 12.9. The lowest BCUT2D eigenvalue weighted by molar-refractivity contribution is 0.0936. The second-order valence-corrected chi connectivity index (χ2v) is 8.33. The molecule has 1 saturated heterocycles. The third-order valence-corrected chi connectivity index (χ3v) is 6.04. The average molecular weight is 457 g/mol. The van der Waals surface area contributed by atoms with Crippen molar-refractivity contribution in [1.82, 2.24) is 29.5 Å². The molecule has 5 heterocycles. The van der Waals surface area contributed by atoms with Crippen LogP contribution < -0.4 is 15.8 Å². The summed E-state index contributed by atoms with van der Waals surface area (Å²) >= 11 is 0. The first-order valence-corrected chi connectivity index (χ1v) is 10.9. The van der Waals surface area contributed by atoms with Gasteiger partial charge in [-0.3, -0.25) is 19.4 Å². The van der Waals surface area contributed by atoms with Crippen LogP contribution in [0.15, 0.2) is 65.8 Å². The monoisotopic (exact) mass is 457 g/mol. The topological polar surface area (TPSA) is 114 Å². The Hall–Kier alpha value is -4.34. The first kappa shape index (κ1) is 21.5. The summed E-state index contributed by atoms with van der Waals surface area (Å²) in [7, 11) is 1.61. The maximum atomic E-state index is 12.9. The van der Waals surface area contributed by atoms with Crippen LogP contribution in [0.1, 0.15) is 45.9 Å². The minimum Gasteiger partial charge on any atom is -0.347 e. The van der Waals surface area contributed by atoms with Crippen LogP contribution in [0, 0.1) is 0 Å². The van der Waals surface area contributed by atoms with Crippen molar-refractivity contribution in [2.45, 2.75) is 25.4 Å². The Balaban J connectivity index is 1.48. The third-order valence-electron chi connectivity index (χ3n) is 6.04. The number of aryl methyl sites for hydroxylation is 1. The fourth-order valence-corrected chi connectivity index (χ4v) is 4.34. The van der Waals surface area contributed by atoms with E-state index in [2.05, 4.69) is 25.3 Å². The van der Waals surface area contributed by atoms with Crippen molar-refractivity contribution in [3.8, 4) is 0 Å². The van der Waals surface area contributed by atoms with E-state index in [9.17, 15) is 14.4 Å². The highest BCUT2D eigenvalue weighted by molar-refractivity contribution is 5.94. The van der Waals surface area contributed by atoms with Crippen molar-refractivity contribution in [3.05, 3.63) is 88.4 Å². The molecule has 0 aliphatic carbocycles. The van der Waals surface area contributed by atoms with E-state index in [-0.39, 0.29) is 29.0 Å². The number of aromatic nitrogens is 5. The summed E-state index contributed by atoms with van der Waals surface area (Å²) in [5.74, 6) is 0.0927. The number of Topliss-reactive ketones (excluding diaryl/α,β-unsaturated/α-hetero) is 1. The molecule has 0 aromatic carbocycles. The molecule has 0 radical (unpaired) electrons. The van der Waals surface area contributed by atoms with Crippen LogP contribution >= 0.6 is 0 Å². The standard InChI is InChI=1S/C24H23N7O3/c1-15(32)20-13-26-21-8-9-22(28-31(20)21)30-14-16(12-19(30)18-7-3-4-10-25-18)27-23(33)17-6-5-11-29(2)24(17)34/h3-11,13,16,19H,12,14H2,1-2H3,(H,27,33)/t16-,19+/m0/s1. The van der Waals surface area contributed by atoms with Gasteiger partial charge in [0.1, 0.15) is 17.1 Å². The van der Waals surface area contributed by atoms with Gasteiger partial charge < -0.3 is 14.8 Å². The van der Waals surface area contributed by atoms with Crippen LogP contribution in [-0.4, -0.2) is 48.4 Å². The highest BCUT2D eigenvalue weighted by Gasteiger charge is 2.36. The number of fused-ring (bicyclic) bond motifs is 1. The number of pyridine rings is 2. The number of amides is 1. The minimum absolute atomic E-state index is 0.0990.